The zero-order valence-electron chi connectivity index (χ0n) is 10.6. The van der Waals surface area contributed by atoms with Crippen molar-refractivity contribution < 1.29 is 9.53 Å². The van der Waals surface area contributed by atoms with E-state index < -0.39 is 5.41 Å². The predicted octanol–water partition coefficient (Wildman–Crippen LogP) is 2.36. The highest BCUT2D eigenvalue weighted by molar-refractivity contribution is 7.16. The van der Waals surface area contributed by atoms with E-state index in [9.17, 15) is 10.1 Å². The summed E-state index contributed by atoms with van der Waals surface area (Å²) in [6.07, 6.45) is 2.17. The molecule has 2 N–H and O–H groups in total. The summed E-state index contributed by atoms with van der Waals surface area (Å²) >= 11 is 1.43. The molecular formula is C13H16N2O2S. The van der Waals surface area contributed by atoms with E-state index in [-0.39, 0.29) is 5.97 Å². The number of aryl methyl sites for hydroxylation is 1. The summed E-state index contributed by atoms with van der Waals surface area (Å²) in [5, 5.41) is 9.75. The van der Waals surface area contributed by atoms with Gasteiger partial charge in [-0.25, -0.2) is 0 Å². The molecule has 4 nitrogen and oxygen atoms in total. The van der Waals surface area contributed by atoms with Crippen molar-refractivity contribution in [3.8, 4) is 6.07 Å². The van der Waals surface area contributed by atoms with Crippen LogP contribution in [0.1, 0.15) is 42.7 Å². The van der Waals surface area contributed by atoms with E-state index in [1.165, 1.54) is 11.3 Å². The van der Waals surface area contributed by atoms with Gasteiger partial charge in [-0.3, -0.25) is 4.79 Å². The molecule has 0 aliphatic heterocycles. The van der Waals surface area contributed by atoms with Crippen molar-refractivity contribution >= 4 is 22.3 Å². The minimum absolute atomic E-state index is 0.222. The van der Waals surface area contributed by atoms with Gasteiger partial charge in [0.15, 0.2) is 0 Å². The largest absolute Gasteiger partial charge is 0.465 e. The van der Waals surface area contributed by atoms with Crippen LogP contribution in [0, 0.1) is 11.3 Å². The molecule has 5 heteroatoms. The van der Waals surface area contributed by atoms with Gasteiger partial charge in [0.25, 0.3) is 0 Å². The van der Waals surface area contributed by atoms with E-state index in [2.05, 4.69) is 6.07 Å². The maximum Gasteiger partial charge on any atom is 0.316 e. The summed E-state index contributed by atoms with van der Waals surface area (Å²) in [4.78, 5) is 13.3. The number of anilines is 1. The van der Waals surface area contributed by atoms with Gasteiger partial charge in [0, 0.05) is 10.4 Å². The molecule has 1 aliphatic rings. The van der Waals surface area contributed by atoms with Crippen LogP contribution in [0.2, 0.25) is 0 Å². The lowest BCUT2D eigenvalue weighted by atomic mass is 9.78. The zero-order valence-corrected chi connectivity index (χ0v) is 11.4. The number of rotatable bonds is 3. The molecule has 18 heavy (non-hydrogen) atoms. The van der Waals surface area contributed by atoms with Crippen molar-refractivity contribution in [2.45, 2.75) is 38.5 Å². The number of carbonyl (C=O) groups is 1. The van der Waals surface area contributed by atoms with Crippen molar-refractivity contribution in [1.29, 1.82) is 5.26 Å². The molecule has 0 radical (unpaired) electrons. The van der Waals surface area contributed by atoms with Crippen LogP contribution in [-0.4, -0.2) is 12.6 Å². The van der Waals surface area contributed by atoms with Gasteiger partial charge in [-0.05, 0) is 26.2 Å². The highest BCUT2D eigenvalue weighted by Gasteiger charge is 2.48. The summed E-state index contributed by atoms with van der Waals surface area (Å²) in [6, 6.07) is 2.14. The van der Waals surface area contributed by atoms with E-state index >= 15 is 0 Å². The second-order valence-corrected chi connectivity index (χ2v) is 5.54. The first kappa shape index (κ1) is 12.9. The third-order valence-electron chi connectivity index (χ3n) is 3.65. The molecule has 0 saturated heterocycles. The molecule has 1 aromatic rings. The lowest BCUT2D eigenvalue weighted by Gasteiger charge is -2.26. The quantitative estimate of drug-likeness (QED) is 0.850. The highest BCUT2D eigenvalue weighted by atomic mass is 32.1. The van der Waals surface area contributed by atoms with Gasteiger partial charge >= 0.3 is 5.97 Å². The molecular weight excluding hydrogens is 248 g/mol. The number of ether oxygens (including phenoxy) is 1. The highest BCUT2D eigenvalue weighted by Crippen LogP contribution is 2.49. The summed E-state index contributed by atoms with van der Waals surface area (Å²) in [5.41, 5.74) is 6.50. The Kier molecular flexibility index (Phi) is 3.31. The minimum atomic E-state index is -0.662. The number of nitriles is 1. The number of hydrogen-bond donors (Lipinski definition) is 1. The van der Waals surface area contributed by atoms with Crippen LogP contribution < -0.4 is 5.73 Å². The Balaban J connectivity index is 2.57. The Morgan fingerprint density at radius 3 is 2.89 bits per heavy atom. The smallest absolute Gasteiger partial charge is 0.316 e. The van der Waals surface area contributed by atoms with Crippen LogP contribution in [-0.2, 0) is 21.4 Å². The number of nitrogens with two attached hydrogens (primary N) is 1. The summed E-state index contributed by atoms with van der Waals surface area (Å²) in [6.45, 7) is 4.11. The van der Waals surface area contributed by atoms with Crippen LogP contribution in [0.25, 0.3) is 0 Å². The molecule has 0 bridgehead atoms. The van der Waals surface area contributed by atoms with E-state index in [1.54, 1.807) is 6.92 Å². The fraction of sp³-hybridized carbons (Fsp3) is 0.538. The molecule has 1 aliphatic carbocycles. The summed E-state index contributed by atoms with van der Waals surface area (Å²) in [7, 11) is 0. The van der Waals surface area contributed by atoms with E-state index in [0.717, 1.165) is 23.3 Å². The van der Waals surface area contributed by atoms with Crippen molar-refractivity contribution in [3.63, 3.8) is 0 Å². The number of fused-ring (bicyclic) bond motifs is 1. The molecule has 0 amide bonds. The lowest BCUT2D eigenvalue weighted by Crippen LogP contribution is -2.35. The standard InChI is InChI=1S/C13H16N2O2S/c1-3-13(12(16)17-4-2)6-5-9-10(13)8(7-14)11(15)18-9/h3-6,15H2,1-2H3/t13-/m1/s1. The maximum absolute atomic E-state index is 12.3. The Hall–Kier alpha value is -1.54. The Labute approximate surface area is 110 Å². The predicted molar refractivity (Wildman–Crippen MR) is 70.4 cm³/mol. The fourth-order valence-corrected chi connectivity index (χ4v) is 3.83. The van der Waals surface area contributed by atoms with Gasteiger partial charge in [0.1, 0.15) is 11.1 Å². The van der Waals surface area contributed by atoms with Crippen molar-refractivity contribution in [1.82, 2.24) is 0 Å². The van der Waals surface area contributed by atoms with Crippen molar-refractivity contribution in [2.24, 2.45) is 0 Å². The van der Waals surface area contributed by atoms with Gasteiger partial charge in [0.2, 0.25) is 0 Å². The van der Waals surface area contributed by atoms with E-state index in [4.69, 9.17) is 10.5 Å². The Morgan fingerprint density at radius 1 is 1.61 bits per heavy atom. The first-order valence-corrected chi connectivity index (χ1v) is 6.91. The lowest BCUT2D eigenvalue weighted by molar-refractivity contribution is -0.150. The third-order valence-corrected chi connectivity index (χ3v) is 4.73. The number of nitrogen functional groups attached to an aromatic ring is 1. The van der Waals surface area contributed by atoms with E-state index in [0.29, 0.717) is 23.6 Å². The van der Waals surface area contributed by atoms with Crippen molar-refractivity contribution in [2.75, 3.05) is 12.3 Å². The number of nitrogens with zero attached hydrogens (tertiary/aromatic N) is 1. The average Bonchev–Trinajstić information content (AvgIpc) is 2.85. The van der Waals surface area contributed by atoms with Crippen molar-refractivity contribution in [3.05, 3.63) is 16.0 Å². The zero-order chi connectivity index (χ0) is 13.3. The molecule has 0 fully saturated rings. The Bertz CT molecular complexity index is 530. The topological polar surface area (TPSA) is 76.1 Å². The molecule has 0 spiro atoms. The number of hydrogen-bond acceptors (Lipinski definition) is 5. The summed E-state index contributed by atoms with van der Waals surface area (Å²) < 4.78 is 5.20. The molecule has 1 aromatic heterocycles. The molecule has 0 saturated carbocycles. The number of esters is 1. The number of carbonyl (C=O) groups excluding carboxylic acids is 1. The van der Waals surface area contributed by atoms with Gasteiger partial charge in [0.05, 0.1) is 17.6 Å². The van der Waals surface area contributed by atoms with Crippen LogP contribution in [0.5, 0.6) is 0 Å². The van der Waals surface area contributed by atoms with Gasteiger partial charge in [-0.2, -0.15) is 5.26 Å². The van der Waals surface area contributed by atoms with Crippen LogP contribution >= 0.6 is 11.3 Å². The van der Waals surface area contributed by atoms with Gasteiger partial charge in [-0.15, -0.1) is 11.3 Å². The fourth-order valence-electron chi connectivity index (χ4n) is 2.71. The van der Waals surface area contributed by atoms with E-state index in [1.807, 2.05) is 6.92 Å². The monoisotopic (exact) mass is 264 g/mol. The Morgan fingerprint density at radius 2 is 2.33 bits per heavy atom. The van der Waals surface area contributed by atoms with Crippen LogP contribution in [0.3, 0.4) is 0 Å². The van der Waals surface area contributed by atoms with Crippen LogP contribution in [0.15, 0.2) is 0 Å². The molecule has 96 valence electrons. The average molecular weight is 264 g/mol. The second-order valence-electron chi connectivity index (χ2n) is 4.41. The normalized spacial score (nSPS) is 21.4. The molecule has 0 unspecified atom stereocenters. The summed E-state index contributed by atoms with van der Waals surface area (Å²) in [5.74, 6) is -0.222. The first-order valence-electron chi connectivity index (χ1n) is 6.09. The SMILES string of the molecule is CCOC(=O)[C@]1(CC)CCc2sc(N)c(C#N)c21. The third kappa shape index (κ3) is 1.60. The minimum Gasteiger partial charge on any atom is -0.465 e. The molecule has 1 atom stereocenters. The molecule has 0 aromatic carbocycles. The number of thiophene rings is 1. The van der Waals surface area contributed by atoms with Gasteiger partial charge in [-0.1, -0.05) is 6.92 Å². The maximum atomic E-state index is 12.3. The molecule has 2 rings (SSSR count). The van der Waals surface area contributed by atoms with Crippen LogP contribution in [0.4, 0.5) is 5.00 Å². The second kappa shape index (κ2) is 4.62. The molecule has 1 heterocycles. The van der Waals surface area contributed by atoms with Gasteiger partial charge < -0.3 is 10.5 Å². The first-order chi connectivity index (χ1) is 8.60.